The number of hydrogen-bond donors (Lipinski definition) is 2. The summed E-state index contributed by atoms with van der Waals surface area (Å²) in [5.41, 5.74) is 1.15. The van der Waals surface area contributed by atoms with Crippen molar-refractivity contribution in [3.8, 4) is 0 Å². The van der Waals surface area contributed by atoms with Gasteiger partial charge in [-0.3, -0.25) is 0 Å². The first kappa shape index (κ1) is 15.5. The Kier molecular flexibility index (Phi) is 5.57. The molecular formula is C15H24N2O2S. The first-order valence-corrected chi connectivity index (χ1v) is 8.95. The largest absolute Gasteiger partial charge is 0.316 e. The third-order valence-corrected chi connectivity index (χ3v) is 5.29. The third-order valence-electron chi connectivity index (χ3n) is 3.62. The summed E-state index contributed by atoms with van der Waals surface area (Å²) in [5.74, 6) is 0.476. The molecule has 0 aromatic heterocycles. The minimum atomic E-state index is -3.19. The third kappa shape index (κ3) is 5.23. The van der Waals surface area contributed by atoms with E-state index >= 15 is 0 Å². The van der Waals surface area contributed by atoms with Crippen molar-refractivity contribution in [1.29, 1.82) is 0 Å². The Morgan fingerprint density at radius 1 is 1.35 bits per heavy atom. The van der Waals surface area contributed by atoms with E-state index in [0.717, 1.165) is 37.9 Å². The summed E-state index contributed by atoms with van der Waals surface area (Å²) in [6, 6.07) is 9.90. The van der Waals surface area contributed by atoms with Gasteiger partial charge in [0.2, 0.25) is 10.0 Å². The molecule has 1 aromatic carbocycles. The van der Waals surface area contributed by atoms with Gasteiger partial charge in [0.25, 0.3) is 0 Å². The summed E-state index contributed by atoms with van der Waals surface area (Å²) in [6.45, 7) is 3.74. The monoisotopic (exact) mass is 296 g/mol. The predicted molar refractivity (Wildman–Crippen MR) is 82.1 cm³/mol. The van der Waals surface area contributed by atoms with Crippen LogP contribution in [-0.2, 0) is 16.4 Å². The summed E-state index contributed by atoms with van der Waals surface area (Å²) in [7, 11) is -3.19. The molecule has 0 spiro atoms. The molecule has 1 heterocycles. The summed E-state index contributed by atoms with van der Waals surface area (Å²) in [5, 5.41) is 3.26. The average Bonchev–Trinajstić information content (AvgIpc) is 2.39. The molecule has 1 saturated heterocycles. The number of hydrogen-bond acceptors (Lipinski definition) is 3. The Labute approximate surface area is 122 Å². The lowest BCUT2D eigenvalue weighted by atomic mass is 10.0. The maximum atomic E-state index is 12.2. The maximum Gasteiger partial charge on any atom is 0.212 e. The summed E-state index contributed by atoms with van der Waals surface area (Å²) < 4.78 is 27.1. The van der Waals surface area contributed by atoms with Crippen molar-refractivity contribution in [2.75, 3.05) is 18.8 Å². The zero-order chi connectivity index (χ0) is 14.4. The van der Waals surface area contributed by atoms with E-state index in [0.29, 0.717) is 0 Å². The fourth-order valence-electron chi connectivity index (χ4n) is 2.74. The van der Waals surface area contributed by atoms with E-state index in [9.17, 15) is 8.42 Å². The molecule has 0 saturated carbocycles. The first-order chi connectivity index (χ1) is 9.55. The van der Waals surface area contributed by atoms with Gasteiger partial charge in [0, 0.05) is 6.04 Å². The van der Waals surface area contributed by atoms with Gasteiger partial charge < -0.3 is 5.32 Å². The standard InChI is InChI=1S/C15H24N2O2S/c1-13(10-14-6-3-2-4-7-14)17-20(18,19)12-15-8-5-9-16-11-15/h2-4,6-7,13,15-17H,5,8-12H2,1H3. The van der Waals surface area contributed by atoms with Crippen LogP contribution in [0.4, 0.5) is 0 Å². The molecule has 5 heteroatoms. The fraction of sp³-hybridized carbons (Fsp3) is 0.600. The Bertz CT molecular complexity index is 496. The van der Waals surface area contributed by atoms with Gasteiger partial charge in [-0.2, -0.15) is 0 Å². The molecule has 2 unspecified atom stereocenters. The maximum absolute atomic E-state index is 12.2. The fourth-order valence-corrected chi connectivity index (χ4v) is 4.44. The van der Waals surface area contributed by atoms with Gasteiger partial charge >= 0.3 is 0 Å². The van der Waals surface area contributed by atoms with Gasteiger partial charge in [0.15, 0.2) is 0 Å². The van der Waals surface area contributed by atoms with Gasteiger partial charge in [-0.1, -0.05) is 30.3 Å². The average molecular weight is 296 g/mol. The normalized spacial score (nSPS) is 21.6. The molecule has 0 amide bonds. The molecule has 0 aliphatic carbocycles. The summed E-state index contributed by atoms with van der Waals surface area (Å²) in [6.07, 6.45) is 2.80. The molecular weight excluding hydrogens is 272 g/mol. The molecule has 112 valence electrons. The highest BCUT2D eigenvalue weighted by atomic mass is 32.2. The van der Waals surface area contributed by atoms with Crippen LogP contribution in [0, 0.1) is 5.92 Å². The van der Waals surface area contributed by atoms with Gasteiger partial charge in [-0.15, -0.1) is 0 Å². The van der Waals surface area contributed by atoms with E-state index < -0.39 is 10.0 Å². The molecule has 20 heavy (non-hydrogen) atoms. The highest BCUT2D eigenvalue weighted by molar-refractivity contribution is 7.89. The second kappa shape index (κ2) is 7.20. The smallest absolute Gasteiger partial charge is 0.212 e. The van der Waals surface area contributed by atoms with E-state index in [2.05, 4.69) is 10.0 Å². The van der Waals surface area contributed by atoms with Crippen LogP contribution in [0.2, 0.25) is 0 Å². The lowest BCUT2D eigenvalue weighted by Crippen LogP contribution is -2.41. The number of piperidine rings is 1. The van der Waals surface area contributed by atoms with Crippen LogP contribution in [0.1, 0.15) is 25.3 Å². The van der Waals surface area contributed by atoms with Crippen molar-refractivity contribution in [2.24, 2.45) is 5.92 Å². The van der Waals surface area contributed by atoms with Crippen molar-refractivity contribution in [3.63, 3.8) is 0 Å². The molecule has 1 aliphatic heterocycles. The van der Waals surface area contributed by atoms with E-state index in [-0.39, 0.29) is 17.7 Å². The zero-order valence-electron chi connectivity index (χ0n) is 12.0. The molecule has 2 rings (SSSR count). The van der Waals surface area contributed by atoms with Crippen LogP contribution in [0.3, 0.4) is 0 Å². The summed E-state index contributed by atoms with van der Waals surface area (Å²) >= 11 is 0. The number of nitrogens with one attached hydrogen (secondary N) is 2. The molecule has 2 atom stereocenters. The van der Waals surface area contributed by atoms with Crippen LogP contribution in [0.25, 0.3) is 0 Å². The highest BCUT2D eigenvalue weighted by Gasteiger charge is 2.22. The Morgan fingerprint density at radius 2 is 2.10 bits per heavy atom. The summed E-state index contributed by atoms with van der Waals surface area (Å²) in [4.78, 5) is 0. The molecule has 2 N–H and O–H groups in total. The molecule has 1 aromatic rings. The molecule has 1 fully saturated rings. The van der Waals surface area contributed by atoms with Crippen molar-refractivity contribution >= 4 is 10.0 Å². The molecule has 0 bridgehead atoms. The van der Waals surface area contributed by atoms with Gasteiger partial charge in [-0.05, 0) is 50.8 Å². The zero-order valence-corrected chi connectivity index (χ0v) is 12.8. The number of rotatable bonds is 6. The second-order valence-electron chi connectivity index (χ2n) is 5.70. The molecule has 1 aliphatic rings. The number of sulfonamides is 1. The topological polar surface area (TPSA) is 58.2 Å². The van der Waals surface area contributed by atoms with E-state index in [1.807, 2.05) is 37.3 Å². The Morgan fingerprint density at radius 3 is 2.75 bits per heavy atom. The van der Waals surface area contributed by atoms with Gasteiger partial charge in [0.1, 0.15) is 0 Å². The van der Waals surface area contributed by atoms with E-state index in [1.165, 1.54) is 0 Å². The second-order valence-corrected chi connectivity index (χ2v) is 7.50. The Hall–Kier alpha value is -0.910. The first-order valence-electron chi connectivity index (χ1n) is 7.30. The van der Waals surface area contributed by atoms with Crippen LogP contribution in [-0.4, -0.2) is 33.3 Å². The quantitative estimate of drug-likeness (QED) is 0.837. The lowest BCUT2D eigenvalue weighted by molar-refractivity contribution is 0.402. The van der Waals surface area contributed by atoms with Crippen LogP contribution in [0.5, 0.6) is 0 Å². The predicted octanol–water partition coefficient (Wildman–Crippen LogP) is 1.54. The van der Waals surface area contributed by atoms with Crippen LogP contribution in [0.15, 0.2) is 30.3 Å². The van der Waals surface area contributed by atoms with Crippen molar-refractivity contribution in [2.45, 2.75) is 32.2 Å². The van der Waals surface area contributed by atoms with Crippen molar-refractivity contribution < 1.29 is 8.42 Å². The van der Waals surface area contributed by atoms with Crippen LogP contribution < -0.4 is 10.0 Å². The lowest BCUT2D eigenvalue weighted by Gasteiger charge is -2.23. The molecule has 4 nitrogen and oxygen atoms in total. The van der Waals surface area contributed by atoms with Crippen LogP contribution >= 0.6 is 0 Å². The van der Waals surface area contributed by atoms with E-state index in [1.54, 1.807) is 0 Å². The van der Waals surface area contributed by atoms with E-state index in [4.69, 9.17) is 0 Å². The van der Waals surface area contributed by atoms with Gasteiger partial charge in [0.05, 0.1) is 5.75 Å². The Balaban J connectivity index is 1.84. The SMILES string of the molecule is CC(Cc1ccccc1)NS(=O)(=O)CC1CCCNC1. The number of benzene rings is 1. The highest BCUT2D eigenvalue weighted by Crippen LogP contribution is 2.12. The minimum Gasteiger partial charge on any atom is -0.316 e. The van der Waals surface area contributed by atoms with Gasteiger partial charge in [-0.25, -0.2) is 13.1 Å². The molecule has 0 radical (unpaired) electrons. The van der Waals surface area contributed by atoms with Crippen molar-refractivity contribution in [1.82, 2.24) is 10.0 Å². The minimum absolute atomic E-state index is 0.0704. The van der Waals surface area contributed by atoms with Crippen molar-refractivity contribution in [3.05, 3.63) is 35.9 Å².